The Morgan fingerprint density at radius 3 is 3.05 bits per heavy atom. The van der Waals surface area contributed by atoms with Crippen LogP contribution in [0, 0.1) is 0 Å². The van der Waals surface area contributed by atoms with E-state index in [9.17, 15) is 0 Å². The summed E-state index contributed by atoms with van der Waals surface area (Å²) in [7, 11) is 0. The lowest BCUT2D eigenvalue weighted by Crippen LogP contribution is -2.26. The van der Waals surface area contributed by atoms with Crippen molar-refractivity contribution in [1.82, 2.24) is 10.3 Å². The minimum atomic E-state index is 0.187. The monoisotopic (exact) mass is 326 g/mol. The third-order valence-corrected chi connectivity index (χ3v) is 5.36. The predicted molar refractivity (Wildman–Crippen MR) is 86.1 cm³/mol. The second kappa shape index (κ2) is 6.02. The minimum absolute atomic E-state index is 0.187. The number of hydrogen-bond acceptors (Lipinski definition) is 3. The third kappa shape index (κ3) is 2.60. The number of fused-ring (bicyclic) bond motifs is 1. The standard InChI is InChI=1S/C15H16Cl2N2S/c1-2-18-14(11-8-12(16)20-15(11)17)10-6-5-9-4-3-7-19-13(9)10/h3-4,7-8,10,14,18H,2,5-6H2,1H3. The van der Waals surface area contributed by atoms with Gasteiger partial charge in [0.05, 0.1) is 8.67 Å². The molecule has 1 aliphatic rings. The number of halogens is 2. The molecule has 0 saturated heterocycles. The fourth-order valence-corrected chi connectivity index (χ4v) is 4.57. The molecule has 3 rings (SSSR count). The molecule has 0 saturated carbocycles. The lowest BCUT2D eigenvalue weighted by molar-refractivity contribution is 0.448. The zero-order valence-electron chi connectivity index (χ0n) is 11.2. The van der Waals surface area contributed by atoms with Gasteiger partial charge in [-0.15, -0.1) is 11.3 Å². The molecule has 2 atom stereocenters. The van der Waals surface area contributed by atoms with Gasteiger partial charge in [-0.3, -0.25) is 4.98 Å². The summed E-state index contributed by atoms with van der Waals surface area (Å²) in [5.41, 5.74) is 3.67. The highest BCUT2D eigenvalue weighted by molar-refractivity contribution is 7.20. The molecule has 2 nitrogen and oxygen atoms in total. The van der Waals surface area contributed by atoms with Crippen molar-refractivity contribution >= 4 is 34.5 Å². The molecule has 0 amide bonds. The van der Waals surface area contributed by atoms with E-state index in [1.165, 1.54) is 22.6 Å². The van der Waals surface area contributed by atoms with Gasteiger partial charge in [0.1, 0.15) is 0 Å². The summed E-state index contributed by atoms with van der Waals surface area (Å²) in [5, 5.41) is 3.56. The maximum Gasteiger partial charge on any atom is 0.0992 e. The van der Waals surface area contributed by atoms with Crippen molar-refractivity contribution in [2.75, 3.05) is 6.54 Å². The highest BCUT2D eigenvalue weighted by atomic mass is 35.5. The topological polar surface area (TPSA) is 24.9 Å². The molecule has 0 aliphatic heterocycles. The Bertz CT molecular complexity index is 612. The third-order valence-electron chi connectivity index (χ3n) is 3.85. The van der Waals surface area contributed by atoms with Crippen LogP contribution in [0.3, 0.4) is 0 Å². The molecule has 0 aromatic carbocycles. The van der Waals surface area contributed by atoms with Crippen LogP contribution in [0.1, 0.15) is 42.1 Å². The van der Waals surface area contributed by atoms with Crippen molar-refractivity contribution in [3.05, 3.63) is 49.9 Å². The van der Waals surface area contributed by atoms with E-state index in [0.717, 1.165) is 33.6 Å². The number of aryl methyl sites for hydroxylation is 1. The van der Waals surface area contributed by atoms with Crippen LogP contribution < -0.4 is 5.32 Å². The Balaban J connectivity index is 1.98. The molecule has 2 aromatic rings. The van der Waals surface area contributed by atoms with Crippen molar-refractivity contribution in [2.45, 2.75) is 31.7 Å². The minimum Gasteiger partial charge on any atom is -0.310 e. The number of hydrogen-bond donors (Lipinski definition) is 1. The lowest BCUT2D eigenvalue weighted by atomic mass is 9.92. The van der Waals surface area contributed by atoms with Crippen LogP contribution in [0.5, 0.6) is 0 Å². The van der Waals surface area contributed by atoms with Gasteiger partial charge in [-0.05, 0) is 37.1 Å². The average Bonchev–Trinajstić information content (AvgIpc) is 3.00. The van der Waals surface area contributed by atoms with Gasteiger partial charge < -0.3 is 5.32 Å². The zero-order chi connectivity index (χ0) is 14.1. The smallest absolute Gasteiger partial charge is 0.0992 e. The first-order chi connectivity index (χ1) is 9.70. The molecule has 106 valence electrons. The molecule has 0 radical (unpaired) electrons. The van der Waals surface area contributed by atoms with Gasteiger partial charge in [0.25, 0.3) is 0 Å². The van der Waals surface area contributed by atoms with E-state index in [1.807, 2.05) is 18.3 Å². The zero-order valence-corrected chi connectivity index (χ0v) is 13.5. The molecule has 0 spiro atoms. The van der Waals surface area contributed by atoms with E-state index in [-0.39, 0.29) is 6.04 Å². The molecular formula is C15H16Cl2N2S. The number of rotatable bonds is 4. The van der Waals surface area contributed by atoms with Crippen molar-refractivity contribution in [3.8, 4) is 0 Å². The van der Waals surface area contributed by atoms with E-state index < -0.39 is 0 Å². The quantitative estimate of drug-likeness (QED) is 0.870. The van der Waals surface area contributed by atoms with Gasteiger partial charge in [-0.2, -0.15) is 0 Å². The van der Waals surface area contributed by atoms with Crippen LogP contribution in [-0.4, -0.2) is 11.5 Å². The van der Waals surface area contributed by atoms with Crippen molar-refractivity contribution in [3.63, 3.8) is 0 Å². The molecule has 1 aliphatic carbocycles. The average molecular weight is 327 g/mol. The second-order valence-corrected chi connectivity index (χ2v) is 7.29. The summed E-state index contributed by atoms with van der Waals surface area (Å²) in [4.78, 5) is 4.59. The number of likely N-dealkylation sites (N-methyl/N-ethyl adjacent to an activating group) is 1. The molecule has 2 aromatic heterocycles. The number of nitrogens with one attached hydrogen (secondary N) is 1. The van der Waals surface area contributed by atoms with Gasteiger partial charge in [0.15, 0.2) is 0 Å². The summed E-state index contributed by atoms with van der Waals surface area (Å²) in [6.45, 7) is 3.01. The first-order valence-corrected chi connectivity index (χ1v) is 8.39. The highest BCUT2D eigenvalue weighted by Crippen LogP contribution is 2.45. The Labute approximate surface area is 133 Å². The van der Waals surface area contributed by atoms with E-state index in [2.05, 4.69) is 23.3 Å². The fourth-order valence-electron chi connectivity index (χ4n) is 3.02. The van der Waals surface area contributed by atoms with Crippen molar-refractivity contribution in [2.24, 2.45) is 0 Å². The Morgan fingerprint density at radius 1 is 1.50 bits per heavy atom. The molecule has 0 bridgehead atoms. The summed E-state index contributed by atoms with van der Waals surface area (Å²) >= 11 is 13.9. The molecule has 2 unspecified atom stereocenters. The molecule has 5 heteroatoms. The van der Waals surface area contributed by atoms with Crippen LogP contribution in [0.2, 0.25) is 8.67 Å². The fraction of sp³-hybridized carbons (Fsp3) is 0.400. The summed E-state index contributed by atoms with van der Waals surface area (Å²) < 4.78 is 1.53. The largest absolute Gasteiger partial charge is 0.310 e. The maximum absolute atomic E-state index is 6.35. The highest BCUT2D eigenvalue weighted by Gasteiger charge is 2.33. The van der Waals surface area contributed by atoms with Crippen molar-refractivity contribution in [1.29, 1.82) is 0 Å². The summed E-state index contributed by atoms with van der Waals surface area (Å²) in [6.07, 6.45) is 4.07. The maximum atomic E-state index is 6.35. The number of nitrogens with zero attached hydrogens (tertiary/aromatic N) is 1. The van der Waals surface area contributed by atoms with Crippen LogP contribution in [0.15, 0.2) is 24.4 Å². The SMILES string of the molecule is CCNC(c1cc(Cl)sc1Cl)C1CCc2cccnc21. The van der Waals surface area contributed by atoms with Gasteiger partial charge >= 0.3 is 0 Å². The molecular weight excluding hydrogens is 311 g/mol. The molecule has 20 heavy (non-hydrogen) atoms. The molecule has 2 heterocycles. The van der Waals surface area contributed by atoms with Gasteiger partial charge in [-0.1, -0.05) is 36.2 Å². The first-order valence-electron chi connectivity index (χ1n) is 6.82. The second-order valence-electron chi connectivity index (χ2n) is 5.01. The summed E-state index contributed by atoms with van der Waals surface area (Å²) in [6, 6.07) is 6.36. The predicted octanol–water partition coefficient (Wildman–Crippen LogP) is 4.83. The van der Waals surface area contributed by atoms with Gasteiger partial charge in [0, 0.05) is 29.4 Å². The Hall–Kier alpha value is -0.610. The van der Waals surface area contributed by atoms with Crippen LogP contribution in [0.4, 0.5) is 0 Å². The number of pyridine rings is 1. The molecule has 0 fully saturated rings. The van der Waals surface area contributed by atoms with Crippen LogP contribution in [0.25, 0.3) is 0 Å². The first kappa shape index (κ1) is 14.3. The lowest BCUT2D eigenvalue weighted by Gasteiger charge is -2.24. The Kier molecular flexibility index (Phi) is 4.32. The van der Waals surface area contributed by atoms with Crippen LogP contribution in [-0.2, 0) is 6.42 Å². The normalized spacial score (nSPS) is 19.1. The Morgan fingerprint density at radius 2 is 2.35 bits per heavy atom. The van der Waals surface area contributed by atoms with Gasteiger partial charge in [0.2, 0.25) is 0 Å². The number of thiophene rings is 1. The van der Waals surface area contributed by atoms with Crippen molar-refractivity contribution < 1.29 is 0 Å². The van der Waals surface area contributed by atoms with E-state index in [1.54, 1.807) is 0 Å². The van der Waals surface area contributed by atoms with E-state index in [0.29, 0.717) is 5.92 Å². The van der Waals surface area contributed by atoms with Gasteiger partial charge in [-0.25, -0.2) is 0 Å². The summed E-state index contributed by atoms with van der Waals surface area (Å²) in [5.74, 6) is 0.370. The molecule has 1 N–H and O–H groups in total. The number of aromatic nitrogens is 1. The van der Waals surface area contributed by atoms with E-state index >= 15 is 0 Å². The van der Waals surface area contributed by atoms with Crippen LogP contribution >= 0.6 is 34.5 Å². The van der Waals surface area contributed by atoms with E-state index in [4.69, 9.17) is 23.2 Å².